The molecule has 5 heteroatoms. The van der Waals surface area contributed by atoms with Crippen molar-refractivity contribution in [3.63, 3.8) is 0 Å². The molecule has 10 aromatic carbocycles. The van der Waals surface area contributed by atoms with Crippen LogP contribution in [0.25, 0.3) is 126 Å². The molecule has 0 N–H and O–H groups in total. The first-order valence-electron chi connectivity index (χ1n) is 22.9. The molecule has 0 bridgehead atoms. The molecule has 4 nitrogen and oxygen atoms in total. The zero-order valence-corrected chi connectivity index (χ0v) is 37.6. The molecule has 0 unspecified atom stereocenters. The first kappa shape index (κ1) is 39.6. The average molecular weight is 885 g/mol. The first-order valence-corrected chi connectivity index (χ1v) is 23.7. The summed E-state index contributed by atoms with van der Waals surface area (Å²) in [6.07, 6.45) is 0. The van der Waals surface area contributed by atoms with Crippen molar-refractivity contribution in [1.82, 2.24) is 19.5 Å². The lowest BCUT2D eigenvalue weighted by Crippen LogP contribution is -2.01. The molecule has 0 amide bonds. The quantitative estimate of drug-likeness (QED) is 0.153. The maximum absolute atomic E-state index is 5.33. The third-order valence-electron chi connectivity index (χ3n) is 13.1. The molecule has 13 aromatic rings. The lowest BCUT2D eigenvalue weighted by atomic mass is 9.88. The van der Waals surface area contributed by atoms with Gasteiger partial charge in [-0.05, 0) is 87.0 Å². The van der Waals surface area contributed by atoms with Gasteiger partial charge in [0.1, 0.15) is 0 Å². The maximum Gasteiger partial charge on any atom is 0.164 e. The molecule has 0 atom stereocenters. The maximum atomic E-state index is 5.33. The second-order valence-electron chi connectivity index (χ2n) is 17.1. The van der Waals surface area contributed by atoms with Crippen LogP contribution in [0.4, 0.5) is 0 Å². The van der Waals surface area contributed by atoms with Gasteiger partial charge in [0.25, 0.3) is 0 Å². The van der Waals surface area contributed by atoms with E-state index in [2.05, 4.69) is 211 Å². The number of fused-ring (bicyclic) bond motifs is 7. The lowest BCUT2D eigenvalue weighted by Gasteiger charge is -2.17. The fraction of sp³-hybridized carbons (Fsp3) is 0. The lowest BCUT2D eigenvalue weighted by molar-refractivity contribution is 1.07. The molecular formula is C63H40N4S. The van der Waals surface area contributed by atoms with Crippen LogP contribution in [0.1, 0.15) is 0 Å². The summed E-state index contributed by atoms with van der Waals surface area (Å²) < 4.78 is 4.92. The topological polar surface area (TPSA) is 43.6 Å². The van der Waals surface area contributed by atoms with E-state index in [0.29, 0.717) is 17.5 Å². The molecule has 13 rings (SSSR count). The highest BCUT2D eigenvalue weighted by atomic mass is 32.1. The Hall–Kier alpha value is -8.77. The highest BCUT2D eigenvalue weighted by Crippen LogP contribution is 2.46. The monoisotopic (exact) mass is 884 g/mol. The van der Waals surface area contributed by atoms with Gasteiger partial charge in [0.05, 0.1) is 11.0 Å². The van der Waals surface area contributed by atoms with Crippen LogP contribution in [0.5, 0.6) is 0 Å². The summed E-state index contributed by atoms with van der Waals surface area (Å²) in [5, 5.41) is 5.05. The fourth-order valence-electron chi connectivity index (χ4n) is 9.85. The molecule has 0 saturated heterocycles. The van der Waals surface area contributed by atoms with Gasteiger partial charge in [-0.2, -0.15) is 0 Å². The summed E-state index contributed by atoms with van der Waals surface area (Å²) in [7, 11) is 0. The van der Waals surface area contributed by atoms with Crippen LogP contribution >= 0.6 is 11.3 Å². The standard InChI is InChI=1S/C63H40N4S/c1-6-18-41(19-7-1)45-30-33-49(42-20-8-2-9-21-42)54(38-45)46-31-34-50(55(39-46)63-65-61(43-22-10-3-11-23-43)64-62(66-63)44-24-12-4-13-25-44)47-32-35-51-52-36-37-57-59(60(52)68-58(51)40-47)53-28-16-17-29-56(53)67(57)48-26-14-5-15-27-48/h1-40H. The van der Waals surface area contributed by atoms with Crippen LogP contribution in [0.15, 0.2) is 243 Å². The molecule has 0 fully saturated rings. The van der Waals surface area contributed by atoms with Gasteiger partial charge in [0.2, 0.25) is 0 Å². The summed E-state index contributed by atoms with van der Waals surface area (Å²) in [5.74, 6) is 1.86. The van der Waals surface area contributed by atoms with E-state index < -0.39 is 0 Å². The SMILES string of the molecule is c1ccc(-c2ccc(-c3ccccc3)c(-c3ccc(-c4ccc5c(c4)sc4c5ccc5c4c4ccccc4n5-c4ccccc4)c(-c4nc(-c5ccccc5)nc(-c5ccccc5)n4)c3)c2)cc1. The molecule has 0 aliphatic rings. The smallest absolute Gasteiger partial charge is 0.164 e. The molecular weight excluding hydrogens is 845 g/mol. The minimum Gasteiger partial charge on any atom is -0.309 e. The van der Waals surface area contributed by atoms with Gasteiger partial charge in [-0.25, -0.2) is 15.0 Å². The fourth-order valence-corrected chi connectivity index (χ4v) is 11.1. The van der Waals surface area contributed by atoms with E-state index in [-0.39, 0.29) is 0 Å². The van der Waals surface area contributed by atoms with Crippen molar-refractivity contribution in [2.24, 2.45) is 0 Å². The molecule has 0 aliphatic heterocycles. The Labute approximate surface area is 397 Å². The molecule has 0 radical (unpaired) electrons. The number of benzene rings is 10. The molecule has 68 heavy (non-hydrogen) atoms. The number of rotatable bonds is 8. The molecule has 0 spiro atoms. The normalized spacial score (nSPS) is 11.5. The highest BCUT2D eigenvalue weighted by molar-refractivity contribution is 7.26. The summed E-state index contributed by atoms with van der Waals surface area (Å²) >= 11 is 1.87. The van der Waals surface area contributed by atoms with Crippen molar-refractivity contribution < 1.29 is 0 Å². The Bertz CT molecular complexity index is 3940. The number of hydrogen-bond donors (Lipinski definition) is 0. The number of para-hydroxylation sites is 2. The Morgan fingerprint density at radius 1 is 0.294 bits per heavy atom. The number of thiophene rings is 1. The van der Waals surface area contributed by atoms with Crippen molar-refractivity contribution in [3.8, 4) is 84.4 Å². The summed E-state index contributed by atoms with van der Waals surface area (Å²) in [5.41, 5.74) is 15.3. The van der Waals surface area contributed by atoms with Crippen molar-refractivity contribution in [2.45, 2.75) is 0 Å². The van der Waals surface area contributed by atoms with Crippen molar-refractivity contribution >= 4 is 53.3 Å². The zero-order chi connectivity index (χ0) is 45.0. The van der Waals surface area contributed by atoms with Crippen molar-refractivity contribution in [2.75, 3.05) is 0 Å². The Kier molecular flexibility index (Phi) is 9.66. The predicted molar refractivity (Wildman–Crippen MR) is 285 cm³/mol. The van der Waals surface area contributed by atoms with Gasteiger partial charge in [0.15, 0.2) is 17.5 Å². The van der Waals surface area contributed by atoms with Gasteiger partial charge < -0.3 is 4.57 Å². The van der Waals surface area contributed by atoms with Crippen LogP contribution < -0.4 is 0 Å². The number of hydrogen-bond acceptors (Lipinski definition) is 4. The summed E-state index contributed by atoms with van der Waals surface area (Å²) in [6.45, 7) is 0. The summed E-state index contributed by atoms with van der Waals surface area (Å²) in [6, 6.07) is 86.4. The molecule has 318 valence electrons. The van der Waals surface area contributed by atoms with E-state index >= 15 is 0 Å². The molecule has 3 heterocycles. The van der Waals surface area contributed by atoms with Crippen LogP contribution in [-0.4, -0.2) is 19.5 Å². The number of aromatic nitrogens is 4. The molecule has 3 aromatic heterocycles. The first-order chi connectivity index (χ1) is 33.7. The van der Waals surface area contributed by atoms with Crippen LogP contribution in [-0.2, 0) is 0 Å². The van der Waals surface area contributed by atoms with Crippen LogP contribution in [0.2, 0.25) is 0 Å². The van der Waals surface area contributed by atoms with Gasteiger partial charge >= 0.3 is 0 Å². The minimum absolute atomic E-state index is 0.613. The van der Waals surface area contributed by atoms with Gasteiger partial charge in [-0.1, -0.05) is 200 Å². The Morgan fingerprint density at radius 3 is 1.47 bits per heavy atom. The van der Waals surface area contributed by atoms with Crippen LogP contribution in [0, 0.1) is 0 Å². The molecule has 0 aliphatic carbocycles. The third kappa shape index (κ3) is 6.88. The number of nitrogens with zero attached hydrogens (tertiary/aromatic N) is 4. The summed E-state index contributed by atoms with van der Waals surface area (Å²) in [4.78, 5) is 15.8. The largest absolute Gasteiger partial charge is 0.309 e. The van der Waals surface area contributed by atoms with Crippen molar-refractivity contribution in [1.29, 1.82) is 0 Å². The van der Waals surface area contributed by atoms with Gasteiger partial charge in [-0.15, -0.1) is 11.3 Å². The van der Waals surface area contributed by atoms with E-state index in [4.69, 9.17) is 15.0 Å². The van der Waals surface area contributed by atoms with E-state index in [1.807, 2.05) is 47.7 Å². The van der Waals surface area contributed by atoms with E-state index in [1.165, 1.54) is 47.5 Å². The van der Waals surface area contributed by atoms with Crippen LogP contribution in [0.3, 0.4) is 0 Å². The Morgan fingerprint density at radius 2 is 0.794 bits per heavy atom. The minimum atomic E-state index is 0.613. The van der Waals surface area contributed by atoms with E-state index in [1.54, 1.807) is 0 Å². The Balaban J connectivity index is 1.05. The molecule has 0 saturated carbocycles. The zero-order valence-electron chi connectivity index (χ0n) is 36.8. The highest BCUT2D eigenvalue weighted by Gasteiger charge is 2.21. The average Bonchev–Trinajstić information content (AvgIpc) is 3.97. The van der Waals surface area contributed by atoms with Gasteiger partial charge in [0, 0.05) is 53.3 Å². The van der Waals surface area contributed by atoms with E-state index in [0.717, 1.165) is 61.3 Å². The second-order valence-corrected chi connectivity index (χ2v) is 18.2. The van der Waals surface area contributed by atoms with Crippen molar-refractivity contribution in [3.05, 3.63) is 243 Å². The van der Waals surface area contributed by atoms with Gasteiger partial charge in [-0.3, -0.25) is 0 Å². The van der Waals surface area contributed by atoms with E-state index in [9.17, 15) is 0 Å². The third-order valence-corrected chi connectivity index (χ3v) is 14.3. The predicted octanol–water partition coefficient (Wildman–Crippen LogP) is 17.0. The second kappa shape index (κ2) is 16.6.